The molecule has 16 nitrogen and oxygen atoms in total. The summed E-state index contributed by atoms with van der Waals surface area (Å²) in [4.78, 5) is 74.5. The van der Waals surface area contributed by atoms with E-state index in [1.807, 2.05) is 49.9 Å². The minimum absolute atomic E-state index is 0.0251. The molecule has 10 atom stereocenters. The van der Waals surface area contributed by atoms with Crippen molar-refractivity contribution in [1.29, 1.82) is 0 Å². The summed E-state index contributed by atoms with van der Waals surface area (Å²) < 4.78 is 21.9. The summed E-state index contributed by atoms with van der Waals surface area (Å²) in [6.45, 7) is 14.2. The Labute approximate surface area is 393 Å². The zero-order chi connectivity index (χ0) is 47.7. The molecule has 0 radical (unpaired) electrons. The van der Waals surface area contributed by atoms with E-state index in [1.165, 1.54) is 14.2 Å². The Morgan fingerprint density at radius 1 is 0.612 bits per heavy atom. The number of methoxy groups -OCH3 is 2. The van der Waals surface area contributed by atoms with Crippen LogP contribution in [0.15, 0.2) is 54.9 Å². The van der Waals surface area contributed by atoms with Gasteiger partial charge in [-0.1, -0.05) is 42.5 Å². The van der Waals surface area contributed by atoms with Crippen LogP contribution in [-0.4, -0.2) is 117 Å². The number of alkyl carbamates (subject to hydrolysis) is 2. The Balaban J connectivity index is 0.953. The molecule has 4 aromatic rings. The lowest BCUT2D eigenvalue weighted by Gasteiger charge is -2.39. The molecule has 8 rings (SSSR count). The average molecular weight is 921 g/mol. The molecule has 4 aliphatic rings. The van der Waals surface area contributed by atoms with Crippen molar-refractivity contribution in [3.63, 3.8) is 0 Å². The second-order valence-electron chi connectivity index (χ2n) is 19.6. The Kier molecular flexibility index (Phi) is 14.4. The van der Waals surface area contributed by atoms with Gasteiger partial charge in [0.25, 0.3) is 0 Å². The number of nitrogens with zero attached hydrogens (tertiary/aromatic N) is 4. The highest BCUT2D eigenvalue weighted by Gasteiger charge is 2.46. The molecule has 67 heavy (non-hydrogen) atoms. The maximum atomic E-state index is 14.5. The summed E-state index contributed by atoms with van der Waals surface area (Å²) in [6.07, 6.45) is 8.11. The van der Waals surface area contributed by atoms with Crippen molar-refractivity contribution in [3.8, 4) is 33.6 Å². The lowest BCUT2D eigenvalue weighted by molar-refractivity contribution is -0.141. The molecule has 360 valence electrons. The Hall–Kier alpha value is -5.74. The first-order valence-corrected chi connectivity index (χ1v) is 24.1. The van der Waals surface area contributed by atoms with E-state index in [-0.39, 0.29) is 72.2 Å². The van der Waals surface area contributed by atoms with Gasteiger partial charge in [-0.15, -0.1) is 0 Å². The van der Waals surface area contributed by atoms with Gasteiger partial charge in [-0.2, -0.15) is 0 Å². The number of hydrogen-bond acceptors (Lipinski definition) is 10. The monoisotopic (exact) mass is 921 g/mol. The predicted molar refractivity (Wildman–Crippen MR) is 252 cm³/mol. The summed E-state index contributed by atoms with van der Waals surface area (Å²) in [6, 6.07) is 12.7. The third-order valence-corrected chi connectivity index (χ3v) is 14.6. The minimum atomic E-state index is -0.739. The average Bonchev–Trinajstić information content (AvgIpc) is 4.13. The molecule has 0 aliphatic carbocycles. The SMILES string of the molecule is COC(=O)NC(C(=O)N1C(C)CCC1c1ncc(-c2ccc(-c3ccc(-c4cnc(C5CCC(C)N5C(=O)C(NC(=O)OC)C5CC(C)OC(C)C5)[nH]4)c(C)c3)cc2)[nH]1)C1CC(C)OC(C)C1. The lowest BCUT2D eigenvalue weighted by atomic mass is 9.85. The van der Waals surface area contributed by atoms with Gasteiger partial charge in [-0.25, -0.2) is 19.6 Å². The highest BCUT2D eigenvalue weighted by molar-refractivity contribution is 5.88. The molecule has 4 aliphatic heterocycles. The summed E-state index contributed by atoms with van der Waals surface area (Å²) in [5, 5.41) is 5.76. The van der Waals surface area contributed by atoms with Crippen molar-refractivity contribution in [1.82, 2.24) is 40.4 Å². The van der Waals surface area contributed by atoms with Gasteiger partial charge in [0.05, 0.1) is 74.5 Å². The van der Waals surface area contributed by atoms with Crippen molar-refractivity contribution in [3.05, 3.63) is 72.1 Å². The normalized spacial score (nSPS) is 28.4. The van der Waals surface area contributed by atoms with Crippen LogP contribution >= 0.6 is 0 Å². The molecule has 2 aromatic carbocycles. The van der Waals surface area contributed by atoms with E-state index in [2.05, 4.69) is 83.8 Å². The van der Waals surface area contributed by atoms with Crippen molar-refractivity contribution in [2.24, 2.45) is 11.8 Å². The quantitative estimate of drug-likeness (QED) is 0.114. The number of hydrogen-bond donors (Lipinski definition) is 4. The van der Waals surface area contributed by atoms with E-state index in [0.717, 1.165) is 76.5 Å². The first-order chi connectivity index (χ1) is 32.1. The molecule has 4 amide bonds. The second kappa shape index (κ2) is 20.2. The molecule has 2 aromatic heterocycles. The van der Waals surface area contributed by atoms with Crippen LogP contribution in [0.4, 0.5) is 9.59 Å². The van der Waals surface area contributed by atoms with E-state index in [0.29, 0.717) is 25.7 Å². The summed E-state index contributed by atoms with van der Waals surface area (Å²) in [7, 11) is 2.63. The fourth-order valence-electron chi connectivity index (χ4n) is 11.4. The van der Waals surface area contributed by atoms with Crippen molar-refractivity contribution < 1.29 is 38.1 Å². The second-order valence-corrected chi connectivity index (χ2v) is 19.6. The molecule has 0 bridgehead atoms. The van der Waals surface area contributed by atoms with Crippen LogP contribution < -0.4 is 10.6 Å². The maximum absolute atomic E-state index is 14.5. The van der Waals surface area contributed by atoms with Gasteiger partial charge in [0, 0.05) is 17.6 Å². The number of carbonyl (C=O) groups is 4. The number of amides is 4. The van der Waals surface area contributed by atoms with Crippen LogP contribution in [0.5, 0.6) is 0 Å². The molecule has 4 saturated heterocycles. The van der Waals surface area contributed by atoms with Crippen LogP contribution in [0, 0.1) is 18.8 Å². The van der Waals surface area contributed by atoms with E-state index in [9.17, 15) is 19.2 Å². The van der Waals surface area contributed by atoms with Crippen LogP contribution in [0.3, 0.4) is 0 Å². The van der Waals surface area contributed by atoms with Gasteiger partial charge in [-0.05, 0) is 134 Å². The Morgan fingerprint density at radius 3 is 1.48 bits per heavy atom. The third kappa shape index (κ3) is 10.3. The summed E-state index contributed by atoms with van der Waals surface area (Å²) in [5.74, 6) is 1.01. The number of aromatic nitrogens is 4. The molecular formula is C51H68N8O8. The number of benzene rings is 2. The number of rotatable bonds is 11. The van der Waals surface area contributed by atoms with Crippen molar-refractivity contribution >= 4 is 24.0 Å². The van der Waals surface area contributed by atoms with Crippen molar-refractivity contribution in [2.75, 3.05) is 14.2 Å². The minimum Gasteiger partial charge on any atom is -0.453 e. The molecule has 10 unspecified atom stereocenters. The fourth-order valence-corrected chi connectivity index (χ4v) is 11.4. The van der Waals surface area contributed by atoms with Gasteiger partial charge in [-0.3, -0.25) is 9.59 Å². The number of ether oxygens (including phenoxy) is 4. The molecule has 0 saturated carbocycles. The van der Waals surface area contributed by atoms with Crippen LogP contribution in [0.2, 0.25) is 0 Å². The number of aromatic amines is 2. The van der Waals surface area contributed by atoms with E-state index < -0.39 is 24.3 Å². The van der Waals surface area contributed by atoms with Gasteiger partial charge >= 0.3 is 12.2 Å². The van der Waals surface area contributed by atoms with Crippen LogP contribution in [0.1, 0.15) is 122 Å². The Morgan fingerprint density at radius 2 is 1.03 bits per heavy atom. The molecule has 16 heteroatoms. The fraction of sp³-hybridized carbons (Fsp3) is 0.569. The van der Waals surface area contributed by atoms with Gasteiger partial charge in [0.1, 0.15) is 23.7 Å². The number of nitrogens with one attached hydrogen (secondary N) is 4. The third-order valence-electron chi connectivity index (χ3n) is 14.6. The van der Waals surface area contributed by atoms with E-state index in [1.54, 1.807) is 0 Å². The molecule has 4 N–H and O–H groups in total. The molecule has 6 heterocycles. The highest BCUT2D eigenvalue weighted by Crippen LogP contribution is 2.41. The standard InChI is InChI=1S/C51H68N8O8/c1-27-20-36(16-17-39(27)41-26-53-47(55-41)43-19-11-29(3)59(43)49(61)45(57-51(63)65-9)38-23-32(6)67-33(7)24-38)34-12-14-35(15-13-34)40-25-52-46(54-40)42-18-10-28(2)58(42)48(60)44(56-50(62)64-8)37-21-30(4)66-31(5)22-37/h12-17,20,25-26,28-33,37-38,42-45H,10-11,18-19,21-24H2,1-9H3,(H,52,54)(H,53,55)(H,56,62)(H,57,63). The van der Waals surface area contributed by atoms with E-state index in [4.69, 9.17) is 28.9 Å². The van der Waals surface area contributed by atoms with Gasteiger partial charge in [0.15, 0.2) is 0 Å². The predicted octanol–water partition coefficient (Wildman–Crippen LogP) is 8.40. The first-order valence-electron chi connectivity index (χ1n) is 24.1. The van der Waals surface area contributed by atoms with Crippen molar-refractivity contribution in [2.45, 2.75) is 160 Å². The Bertz CT molecular complexity index is 2380. The number of likely N-dealkylation sites (tertiary alicyclic amines) is 2. The number of H-pyrrole nitrogens is 2. The highest BCUT2D eigenvalue weighted by atomic mass is 16.5. The van der Waals surface area contributed by atoms with Crippen LogP contribution in [0.25, 0.3) is 33.6 Å². The van der Waals surface area contributed by atoms with E-state index >= 15 is 0 Å². The maximum Gasteiger partial charge on any atom is 0.407 e. The lowest BCUT2D eigenvalue weighted by Crippen LogP contribution is -2.55. The zero-order valence-electron chi connectivity index (χ0n) is 40.3. The summed E-state index contributed by atoms with van der Waals surface area (Å²) >= 11 is 0. The van der Waals surface area contributed by atoms with Gasteiger partial charge in [0.2, 0.25) is 11.8 Å². The smallest absolute Gasteiger partial charge is 0.407 e. The number of imidazole rings is 2. The largest absolute Gasteiger partial charge is 0.453 e. The van der Waals surface area contributed by atoms with Crippen LogP contribution in [-0.2, 0) is 28.5 Å². The number of aryl methyl sites for hydroxylation is 1. The topological polar surface area (TPSA) is 193 Å². The van der Waals surface area contributed by atoms with Gasteiger partial charge < -0.3 is 49.3 Å². The molecule has 0 spiro atoms. The zero-order valence-corrected chi connectivity index (χ0v) is 40.3. The molecular weight excluding hydrogens is 853 g/mol. The molecule has 4 fully saturated rings. The first kappa shape index (κ1) is 47.7. The number of carbonyl (C=O) groups excluding carboxylic acids is 4. The summed E-state index contributed by atoms with van der Waals surface area (Å²) in [5.41, 5.74) is 6.90.